The summed E-state index contributed by atoms with van der Waals surface area (Å²) in [5.74, 6) is 3.07. The first-order valence-electron chi connectivity index (χ1n) is 3.26. The molecule has 0 bridgehead atoms. The molecular formula is C8H14O. The molecule has 0 aliphatic heterocycles. The van der Waals surface area contributed by atoms with E-state index in [-0.39, 0.29) is 0 Å². The summed E-state index contributed by atoms with van der Waals surface area (Å²) in [4.78, 5) is 0. The molecule has 0 aliphatic carbocycles. The quantitative estimate of drug-likeness (QED) is 0.411. The Kier molecular flexibility index (Phi) is 5.35. The van der Waals surface area contributed by atoms with E-state index < -0.39 is 0 Å². The van der Waals surface area contributed by atoms with Crippen molar-refractivity contribution in [1.29, 1.82) is 0 Å². The van der Waals surface area contributed by atoms with Gasteiger partial charge < -0.3 is 4.74 Å². The molecule has 0 spiro atoms. The van der Waals surface area contributed by atoms with E-state index in [1.165, 1.54) is 0 Å². The van der Waals surface area contributed by atoms with Crippen molar-refractivity contribution in [3.63, 3.8) is 0 Å². The Hall–Kier alpha value is -0.480. The molecule has 1 unspecified atom stereocenters. The topological polar surface area (TPSA) is 9.23 Å². The molecule has 0 N–H and O–H groups in total. The Morgan fingerprint density at radius 3 is 2.78 bits per heavy atom. The van der Waals surface area contributed by atoms with Gasteiger partial charge in [-0.25, -0.2) is 0 Å². The summed E-state index contributed by atoms with van der Waals surface area (Å²) in [6.07, 6.45) is 7.31. The second kappa shape index (κ2) is 5.65. The maximum Gasteiger partial charge on any atom is 0.0462 e. The molecule has 9 heavy (non-hydrogen) atoms. The van der Waals surface area contributed by atoms with E-state index in [0.29, 0.717) is 5.92 Å². The van der Waals surface area contributed by atoms with Gasteiger partial charge in [0.15, 0.2) is 0 Å². The molecule has 0 aliphatic rings. The van der Waals surface area contributed by atoms with Gasteiger partial charge in [0.2, 0.25) is 0 Å². The third kappa shape index (κ3) is 5.39. The fraction of sp³-hybridized carbons (Fsp3) is 0.750. The van der Waals surface area contributed by atoms with Gasteiger partial charge in [-0.15, -0.1) is 12.3 Å². The molecule has 0 aromatic carbocycles. The Labute approximate surface area is 57.4 Å². The summed E-state index contributed by atoms with van der Waals surface area (Å²) in [5, 5.41) is 0. The van der Waals surface area contributed by atoms with Crippen LogP contribution in [0.25, 0.3) is 0 Å². The maximum atomic E-state index is 5.16. The van der Waals surface area contributed by atoms with Gasteiger partial charge in [-0.05, 0) is 12.8 Å². The van der Waals surface area contributed by atoms with Crippen LogP contribution < -0.4 is 0 Å². The average molecular weight is 126 g/mol. The molecule has 1 atom stereocenters. The molecular weight excluding hydrogens is 112 g/mol. The second-order valence-corrected chi connectivity index (χ2v) is 2.20. The van der Waals surface area contributed by atoms with Gasteiger partial charge in [-0.2, -0.15) is 0 Å². The fourth-order valence-corrected chi connectivity index (χ4v) is 0.617. The lowest BCUT2D eigenvalue weighted by atomic mass is 10.1. The first-order valence-corrected chi connectivity index (χ1v) is 3.26. The van der Waals surface area contributed by atoms with Crippen molar-refractivity contribution in [1.82, 2.24) is 0 Å². The Balaban J connectivity index is 2.99. The zero-order chi connectivity index (χ0) is 7.11. The average Bonchev–Trinajstić information content (AvgIpc) is 1.89. The molecule has 0 saturated heterocycles. The lowest BCUT2D eigenvalue weighted by molar-refractivity contribution is 0.190. The number of hydrogen-bond acceptors (Lipinski definition) is 1. The third-order valence-electron chi connectivity index (χ3n) is 1.27. The Bertz CT molecular complexity index is 91.2. The number of rotatable bonds is 4. The van der Waals surface area contributed by atoms with Crippen molar-refractivity contribution in [2.45, 2.75) is 19.8 Å². The molecule has 0 saturated carbocycles. The van der Waals surface area contributed by atoms with Crippen molar-refractivity contribution in [3.05, 3.63) is 0 Å². The SMILES string of the molecule is C#CC(C)CCCOC. The number of methoxy groups -OCH3 is 1. The molecule has 0 amide bonds. The van der Waals surface area contributed by atoms with Gasteiger partial charge >= 0.3 is 0 Å². The standard InChI is InChI=1S/C8H14O/c1-4-8(2)6-5-7-9-3/h1,8H,5-7H2,2-3H3. The van der Waals surface area contributed by atoms with Crippen LogP contribution in [0.4, 0.5) is 0 Å². The van der Waals surface area contributed by atoms with Crippen molar-refractivity contribution in [2.75, 3.05) is 13.7 Å². The van der Waals surface area contributed by atoms with E-state index >= 15 is 0 Å². The van der Waals surface area contributed by atoms with Crippen LogP contribution in [0.2, 0.25) is 0 Å². The molecule has 1 heteroatoms. The Morgan fingerprint density at radius 2 is 2.33 bits per heavy atom. The summed E-state index contributed by atoms with van der Waals surface area (Å²) in [6, 6.07) is 0. The minimum absolute atomic E-state index is 0.403. The van der Waals surface area contributed by atoms with Gasteiger partial charge in [-0.3, -0.25) is 0 Å². The summed E-state index contributed by atoms with van der Waals surface area (Å²) in [7, 11) is 1.71. The van der Waals surface area contributed by atoms with Crippen LogP contribution in [0.1, 0.15) is 19.8 Å². The second-order valence-electron chi connectivity index (χ2n) is 2.20. The van der Waals surface area contributed by atoms with E-state index in [1.807, 2.05) is 0 Å². The lowest BCUT2D eigenvalue weighted by Gasteiger charge is -2.00. The molecule has 0 heterocycles. The van der Waals surface area contributed by atoms with Crippen LogP contribution in [0.3, 0.4) is 0 Å². The number of terminal acetylenes is 1. The fourth-order valence-electron chi connectivity index (χ4n) is 0.617. The summed E-state index contributed by atoms with van der Waals surface area (Å²) in [5.41, 5.74) is 0. The maximum absolute atomic E-state index is 5.16. The molecule has 1 nitrogen and oxygen atoms in total. The van der Waals surface area contributed by atoms with Crippen LogP contribution in [0.15, 0.2) is 0 Å². The lowest BCUT2D eigenvalue weighted by Crippen LogP contribution is -1.94. The van der Waals surface area contributed by atoms with Crippen LogP contribution >= 0.6 is 0 Å². The predicted molar refractivity (Wildman–Crippen MR) is 39.1 cm³/mol. The van der Waals surface area contributed by atoms with Crippen molar-refractivity contribution < 1.29 is 4.74 Å². The van der Waals surface area contributed by atoms with E-state index in [1.54, 1.807) is 7.11 Å². The van der Waals surface area contributed by atoms with E-state index in [0.717, 1.165) is 19.4 Å². The highest BCUT2D eigenvalue weighted by Crippen LogP contribution is 2.02. The normalized spacial score (nSPS) is 12.6. The predicted octanol–water partition coefficient (Wildman–Crippen LogP) is 1.68. The highest BCUT2D eigenvalue weighted by Gasteiger charge is 1.94. The third-order valence-corrected chi connectivity index (χ3v) is 1.27. The molecule has 0 fully saturated rings. The Morgan fingerprint density at radius 1 is 1.67 bits per heavy atom. The number of ether oxygens (including phenoxy) is 1. The first kappa shape index (κ1) is 8.52. The van der Waals surface area contributed by atoms with Crippen molar-refractivity contribution in [2.24, 2.45) is 5.92 Å². The molecule has 52 valence electrons. The minimum Gasteiger partial charge on any atom is -0.385 e. The van der Waals surface area contributed by atoms with Crippen molar-refractivity contribution >= 4 is 0 Å². The minimum atomic E-state index is 0.403. The van der Waals surface area contributed by atoms with E-state index in [4.69, 9.17) is 11.2 Å². The van der Waals surface area contributed by atoms with Gasteiger partial charge in [0.05, 0.1) is 0 Å². The largest absolute Gasteiger partial charge is 0.385 e. The monoisotopic (exact) mass is 126 g/mol. The van der Waals surface area contributed by atoms with Gasteiger partial charge in [0.25, 0.3) is 0 Å². The smallest absolute Gasteiger partial charge is 0.0462 e. The van der Waals surface area contributed by atoms with Gasteiger partial charge in [0, 0.05) is 19.6 Å². The van der Waals surface area contributed by atoms with E-state index in [9.17, 15) is 0 Å². The van der Waals surface area contributed by atoms with Crippen LogP contribution in [-0.2, 0) is 4.74 Å². The van der Waals surface area contributed by atoms with Gasteiger partial charge in [-0.1, -0.05) is 6.92 Å². The highest BCUT2D eigenvalue weighted by atomic mass is 16.5. The van der Waals surface area contributed by atoms with E-state index in [2.05, 4.69) is 12.8 Å². The van der Waals surface area contributed by atoms with Crippen LogP contribution in [0.5, 0.6) is 0 Å². The summed E-state index contributed by atoms with van der Waals surface area (Å²) >= 11 is 0. The number of hydrogen-bond donors (Lipinski definition) is 0. The van der Waals surface area contributed by atoms with Gasteiger partial charge in [0.1, 0.15) is 0 Å². The summed E-state index contributed by atoms with van der Waals surface area (Å²) in [6.45, 7) is 2.88. The van der Waals surface area contributed by atoms with Crippen LogP contribution in [-0.4, -0.2) is 13.7 Å². The zero-order valence-corrected chi connectivity index (χ0v) is 6.18. The summed E-state index contributed by atoms with van der Waals surface area (Å²) < 4.78 is 4.87. The zero-order valence-electron chi connectivity index (χ0n) is 6.18. The molecule has 0 aromatic rings. The van der Waals surface area contributed by atoms with Crippen molar-refractivity contribution in [3.8, 4) is 12.3 Å². The van der Waals surface area contributed by atoms with Crippen LogP contribution in [0, 0.1) is 18.3 Å². The highest BCUT2D eigenvalue weighted by molar-refractivity contribution is 4.89. The molecule has 0 radical (unpaired) electrons. The molecule has 0 rings (SSSR count). The molecule has 0 aromatic heterocycles. The first-order chi connectivity index (χ1) is 4.31.